The molecule has 0 heterocycles. The van der Waals surface area contributed by atoms with Crippen molar-refractivity contribution in [2.24, 2.45) is 0 Å². The molecule has 4 heteroatoms. The predicted molar refractivity (Wildman–Crippen MR) is 61.8 cm³/mol. The second-order valence-electron chi connectivity index (χ2n) is 2.86. The lowest BCUT2D eigenvalue weighted by atomic mass is 10.2. The quantitative estimate of drug-likeness (QED) is 0.833. The summed E-state index contributed by atoms with van der Waals surface area (Å²) in [6, 6.07) is 9.28. The van der Waals surface area contributed by atoms with Crippen molar-refractivity contribution in [2.75, 3.05) is 5.32 Å². The number of rotatable bonds is 2. The van der Waals surface area contributed by atoms with Crippen LogP contribution in [0.25, 0.3) is 0 Å². The summed E-state index contributed by atoms with van der Waals surface area (Å²) in [7, 11) is 0. The Hall–Kier alpha value is -1.78. The molecule has 0 aliphatic rings. The lowest BCUT2D eigenvalue weighted by Crippen LogP contribution is -1.92. The number of nitriles is 2. The van der Waals surface area contributed by atoms with Gasteiger partial charge in [-0.2, -0.15) is 10.5 Å². The van der Waals surface area contributed by atoms with Crippen LogP contribution in [0.5, 0.6) is 0 Å². The standard InChI is InChI=1S/C11H8BrN3/c1-8-3-2-4-10(11(8)12)15-7-9(5-13)6-14/h2-4,7,15H,1H3. The van der Waals surface area contributed by atoms with Gasteiger partial charge in [-0.1, -0.05) is 12.1 Å². The Morgan fingerprint density at radius 1 is 1.40 bits per heavy atom. The van der Waals surface area contributed by atoms with Gasteiger partial charge in [-0.05, 0) is 34.5 Å². The maximum Gasteiger partial charge on any atom is 0.145 e. The Labute approximate surface area is 96.8 Å². The Bertz CT molecular complexity index is 462. The summed E-state index contributed by atoms with van der Waals surface area (Å²) in [5.41, 5.74) is 1.96. The molecule has 0 unspecified atom stereocenters. The Morgan fingerprint density at radius 3 is 2.67 bits per heavy atom. The van der Waals surface area contributed by atoms with Crippen molar-refractivity contribution in [3.8, 4) is 12.1 Å². The molecule has 1 aromatic carbocycles. The van der Waals surface area contributed by atoms with Gasteiger partial charge in [0.2, 0.25) is 0 Å². The van der Waals surface area contributed by atoms with E-state index in [1.54, 1.807) is 12.1 Å². The molecule has 1 N–H and O–H groups in total. The third-order valence-electron chi connectivity index (χ3n) is 1.80. The van der Waals surface area contributed by atoms with Crippen LogP contribution in [0, 0.1) is 29.6 Å². The lowest BCUT2D eigenvalue weighted by Gasteiger charge is -2.05. The van der Waals surface area contributed by atoms with E-state index in [1.165, 1.54) is 6.20 Å². The van der Waals surface area contributed by atoms with Gasteiger partial charge in [-0.3, -0.25) is 0 Å². The van der Waals surface area contributed by atoms with Crippen LogP contribution in [-0.4, -0.2) is 0 Å². The van der Waals surface area contributed by atoms with Crippen LogP contribution in [0.3, 0.4) is 0 Å². The second kappa shape index (κ2) is 5.19. The van der Waals surface area contributed by atoms with Crippen LogP contribution >= 0.6 is 15.9 Å². The van der Waals surface area contributed by atoms with Crippen LogP contribution in [-0.2, 0) is 0 Å². The number of halogens is 1. The van der Waals surface area contributed by atoms with Crippen molar-refractivity contribution in [3.05, 3.63) is 40.0 Å². The molecule has 0 radical (unpaired) electrons. The van der Waals surface area contributed by atoms with Crippen molar-refractivity contribution in [2.45, 2.75) is 6.92 Å². The summed E-state index contributed by atoms with van der Waals surface area (Å²) >= 11 is 3.42. The number of allylic oxidation sites excluding steroid dienone is 1. The minimum Gasteiger partial charge on any atom is -0.359 e. The first-order valence-electron chi connectivity index (χ1n) is 4.21. The molecule has 0 amide bonds. The minimum atomic E-state index is 0.0448. The zero-order valence-corrected chi connectivity index (χ0v) is 9.67. The van der Waals surface area contributed by atoms with E-state index < -0.39 is 0 Å². The van der Waals surface area contributed by atoms with Gasteiger partial charge in [-0.25, -0.2) is 0 Å². The average molecular weight is 262 g/mol. The molecule has 1 aromatic rings. The van der Waals surface area contributed by atoms with E-state index in [2.05, 4.69) is 21.2 Å². The molecule has 1 rings (SSSR count). The molecular weight excluding hydrogens is 254 g/mol. The van der Waals surface area contributed by atoms with Crippen LogP contribution in [0.2, 0.25) is 0 Å². The third kappa shape index (κ3) is 2.83. The summed E-state index contributed by atoms with van der Waals surface area (Å²) in [6.45, 7) is 1.97. The van der Waals surface area contributed by atoms with E-state index in [0.29, 0.717) is 0 Å². The van der Waals surface area contributed by atoms with Crippen LogP contribution in [0.4, 0.5) is 5.69 Å². The van der Waals surface area contributed by atoms with E-state index in [4.69, 9.17) is 10.5 Å². The van der Waals surface area contributed by atoms with Crippen molar-refractivity contribution in [1.82, 2.24) is 0 Å². The molecule has 74 valence electrons. The van der Waals surface area contributed by atoms with Gasteiger partial charge in [0.05, 0.1) is 5.69 Å². The van der Waals surface area contributed by atoms with Crippen molar-refractivity contribution in [3.63, 3.8) is 0 Å². The molecule has 15 heavy (non-hydrogen) atoms. The smallest absolute Gasteiger partial charge is 0.145 e. The molecule has 3 nitrogen and oxygen atoms in total. The molecule has 0 spiro atoms. The number of nitrogens with zero attached hydrogens (tertiary/aromatic N) is 2. The molecule has 0 saturated heterocycles. The van der Waals surface area contributed by atoms with Crippen LogP contribution in [0.1, 0.15) is 5.56 Å². The zero-order chi connectivity index (χ0) is 11.3. The molecule has 0 aromatic heterocycles. The maximum absolute atomic E-state index is 8.54. The highest BCUT2D eigenvalue weighted by atomic mass is 79.9. The zero-order valence-electron chi connectivity index (χ0n) is 8.08. The molecule has 0 bridgehead atoms. The fourth-order valence-corrected chi connectivity index (χ4v) is 1.38. The number of aryl methyl sites for hydroxylation is 1. The highest BCUT2D eigenvalue weighted by molar-refractivity contribution is 9.10. The second-order valence-corrected chi connectivity index (χ2v) is 3.66. The third-order valence-corrected chi connectivity index (χ3v) is 2.86. The van der Waals surface area contributed by atoms with E-state index in [9.17, 15) is 0 Å². The first kappa shape index (κ1) is 11.3. The van der Waals surface area contributed by atoms with Gasteiger partial charge < -0.3 is 5.32 Å². The minimum absolute atomic E-state index is 0.0448. The maximum atomic E-state index is 8.54. The van der Waals surface area contributed by atoms with Gasteiger partial charge in [0, 0.05) is 10.7 Å². The number of anilines is 1. The summed E-state index contributed by atoms with van der Waals surface area (Å²) < 4.78 is 0.927. The first-order chi connectivity index (χ1) is 7.19. The molecule has 0 fully saturated rings. The van der Waals surface area contributed by atoms with Crippen molar-refractivity contribution >= 4 is 21.6 Å². The fraction of sp³-hybridized carbons (Fsp3) is 0.0909. The average Bonchev–Trinajstić information content (AvgIpc) is 2.25. The highest BCUT2D eigenvalue weighted by Gasteiger charge is 2.00. The Morgan fingerprint density at radius 2 is 2.07 bits per heavy atom. The van der Waals surface area contributed by atoms with Gasteiger partial charge in [0.15, 0.2) is 0 Å². The van der Waals surface area contributed by atoms with E-state index in [-0.39, 0.29) is 5.57 Å². The molecule has 0 aliphatic heterocycles. The monoisotopic (exact) mass is 261 g/mol. The molecule has 0 aliphatic carbocycles. The molecule has 0 saturated carbocycles. The Balaban J connectivity index is 2.93. The highest BCUT2D eigenvalue weighted by Crippen LogP contribution is 2.25. The number of hydrogen-bond acceptors (Lipinski definition) is 3. The SMILES string of the molecule is Cc1cccc(NC=C(C#N)C#N)c1Br. The lowest BCUT2D eigenvalue weighted by molar-refractivity contribution is 1.40. The molecule has 0 atom stereocenters. The first-order valence-corrected chi connectivity index (χ1v) is 5.00. The number of nitrogens with one attached hydrogen (secondary N) is 1. The Kier molecular flexibility index (Phi) is 3.91. The molecular formula is C11H8BrN3. The van der Waals surface area contributed by atoms with Gasteiger partial charge >= 0.3 is 0 Å². The predicted octanol–water partition coefficient (Wildman–Crippen LogP) is 3.10. The normalized spacial score (nSPS) is 8.53. The summed E-state index contributed by atoms with van der Waals surface area (Å²) in [5.74, 6) is 0. The van der Waals surface area contributed by atoms with Crippen molar-refractivity contribution in [1.29, 1.82) is 10.5 Å². The largest absolute Gasteiger partial charge is 0.359 e. The number of hydrogen-bond donors (Lipinski definition) is 1. The topological polar surface area (TPSA) is 59.6 Å². The van der Waals surface area contributed by atoms with E-state index >= 15 is 0 Å². The van der Waals surface area contributed by atoms with E-state index in [0.717, 1.165) is 15.7 Å². The van der Waals surface area contributed by atoms with Crippen molar-refractivity contribution < 1.29 is 0 Å². The summed E-state index contributed by atoms with van der Waals surface area (Å²) in [5, 5.41) is 20.0. The number of benzene rings is 1. The van der Waals surface area contributed by atoms with Crippen LogP contribution in [0.15, 0.2) is 34.4 Å². The fourth-order valence-electron chi connectivity index (χ4n) is 0.998. The van der Waals surface area contributed by atoms with Crippen LogP contribution < -0.4 is 5.32 Å². The van der Waals surface area contributed by atoms with E-state index in [1.807, 2.05) is 25.1 Å². The van der Waals surface area contributed by atoms with Gasteiger partial charge in [-0.15, -0.1) is 0 Å². The van der Waals surface area contributed by atoms with Gasteiger partial charge in [0.1, 0.15) is 17.7 Å². The van der Waals surface area contributed by atoms with Gasteiger partial charge in [0.25, 0.3) is 0 Å². The summed E-state index contributed by atoms with van der Waals surface area (Å²) in [4.78, 5) is 0. The summed E-state index contributed by atoms with van der Waals surface area (Å²) in [6.07, 6.45) is 1.39.